The van der Waals surface area contributed by atoms with Gasteiger partial charge in [0, 0.05) is 13.1 Å². The van der Waals surface area contributed by atoms with Crippen LogP contribution in [0.5, 0.6) is 0 Å². The minimum Gasteiger partial charge on any atom is -0.444 e. The molecule has 1 fully saturated rings. The van der Waals surface area contributed by atoms with Crippen molar-refractivity contribution in [2.24, 2.45) is 0 Å². The second kappa shape index (κ2) is 7.35. The van der Waals surface area contributed by atoms with E-state index in [9.17, 15) is 9.59 Å². The van der Waals surface area contributed by atoms with Crippen molar-refractivity contribution in [2.45, 2.75) is 51.8 Å². The van der Waals surface area contributed by atoms with Crippen molar-refractivity contribution >= 4 is 12.0 Å². The summed E-state index contributed by atoms with van der Waals surface area (Å²) < 4.78 is 5.22. The molecule has 1 aromatic rings. The van der Waals surface area contributed by atoms with Gasteiger partial charge in [0.1, 0.15) is 11.6 Å². The van der Waals surface area contributed by atoms with Gasteiger partial charge in [0.25, 0.3) is 0 Å². The van der Waals surface area contributed by atoms with Crippen LogP contribution in [-0.2, 0) is 16.1 Å². The molecule has 0 unspecified atom stereocenters. The molecular formula is C18H23N3O3. The number of nitrogens with one attached hydrogen (secondary N) is 1. The lowest BCUT2D eigenvalue weighted by Crippen LogP contribution is -2.52. The summed E-state index contributed by atoms with van der Waals surface area (Å²) in [4.78, 5) is 26.2. The van der Waals surface area contributed by atoms with Gasteiger partial charge in [-0.3, -0.25) is 4.79 Å². The lowest BCUT2D eigenvalue weighted by Gasteiger charge is -2.33. The Morgan fingerprint density at radius 2 is 2.21 bits per heavy atom. The van der Waals surface area contributed by atoms with Gasteiger partial charge in [-0.15, -0.1) is 0 Å². The molecule has 6 nitrogen and oxygen atoms in total. The molecule has 1 saturated heterocycles. The van der Waals surface area contributed by atoms with Crippen LogP contribution in [0.4, 0.5) is 4.79 Å². The summed E-state index contributed by atoms with van der Waals surface area (Å²) in [7, 11) is 0. The van der Waals surface area contributed by atoms with Gasteiger partial charge >= 0.3 is 6.09 Å². The Kier molecular flexibility index (Phi) is 5.45. The predicted octanol–water partition coefficient (Wildman–Crippen LogP) is 2.57. The van der Waals surface area contributed by atoms with E-state index in [1.807, 2.05) is 6.07 Å². The van der Waals surface area contributed by atoms with Gasteiger partial charge in [0.05, 0.1) is 11.6 Å². The van der Waals surface area contributed by atoms with Crippen LogP contribution in [0, 0.1) is 11.3 Å². The third kappa shape index (κ3) is 4.98. The van der Waals surface area contributed by atoms with Crippen molar-refractivity contribution in [3.05, 3.63) is 35.4 Å². The third-order valence-corrected chi connectivity index (χ3v) is 3.65. The lowest BCUT2D eigenvalue weighted by atomic mass is 10.0. The van der Waals surface area contributed by atoms with Crippen molar-refractivity contribution in [1.29, 1.82) is 5.26 Å². The summed E-state index contributed by atoms with van der Waals surface area (Å²) in [6, 6.07) is 8.73. The van der Waals surface area contributed by atoms with Crippen LogP contribution in [0.1, 0.15) is 44.7 Å². The average molecular weight is 329 g/mol. The first-order chi connectivity index (χ1) is 11.3. The number of benzene rings is 1. The molecule has 0 aromatic heterocycles. The Balaban J connectivity index is 1.99. The highest BCUT2D eigenvalue weighted by atomic mass is 16.6. The molecule has 1 aliphatic heterocycles. The first-order valence-corrected chi connectivity index (χ1v) is 8.06. The van der Waals surface area contributed by atoms with Crippen molar-refractivity contribution < 1.29 is 14.3 Å². The number of nitriles is 1. The maximum atomic E-state index is 12.6. The smallest absolute Gasteiger partial charge is 0.408 e. The van der Waals surface area contributed by atoms with Gasteiger partial charge < -0.3 is 15.0 Å². The van der Waals surface area contributed by atoms with E-state index in [2.05, 4.69) is 11.4 Å². The van der Waals surface area contributed by atoms with Crippen LogP contribution < -0.4 is 5.32 Å². The monoisotopic (exact) mass is 329 g/mol. The molecule has 1 aliphatic rings. The minimum atomic E-state index is -0.598. The average Bonchev–Trinajstić information content (AvgIpc) is 2.49. The Morgan fingerprint density at radius 3 is 2.88 bits per heavy atom. The summed E-state index contributed by atoms with van der Waals surface area (Å²) in [6.45, 7) is 6.42. The van der Waals surface area contributed by atoms with Gasteiger partial charge in [0.2, 0.25) is 5.91 Å². The number of hydrogen-bond acceptors (Lipinski definition) is 4. The third-order valence-electron chi connectivity index (χ3n) is 3.65. The first-order valence-electron chi connectivity index (χ1n) is 8.06. The molecule has 2 amide bonds. The van der Waals surface area contributed by atoms with Crippen LogP contribution in [0.3, 0.4) is 0 Å². The Hall–Kier alpha value is -2.55. The molecule has 0 bridgehead atoms. The van der Waals surface area contributed by atoms with E-state index in [4.69, 9.17) is 10.00 Å². The number of piperidine rings is 1. The fourth-order valence-electron chi connectivity index (χ4n) is 2.64. The number of carbonyl (C=O) groups excluding carboxylic acids is 2. The number of ether oxygens (including phenoxy) is 1. The highest BCUT2D eigenvalue weighted by Crippen LogP contribution is 2.17. The molecule has 24 heavy (non-hydrogen) atoms. The molecule has 0 spiro atoms. The van der Waals surface area contributed by atoms with Gasteiger partial charge in [-0.1, -0.05) is 12.1 Å². The molecule has 2 rings (SSSR count). The van der Waals surface area contributed by atoms with Gasteiger partial charge in [0.15, 0.2) is 0 Å². The van der Waals surface area contributed by atoms with Crippen molar-refractivity contribution in [1.82, 2.24) is 10.2 Å². The number of carbonyl (C=O) groups is 2. The van der Waals surface area contributed by atoms with E-state index in [1.54, 1.807) is 43.9 Å². The maximum absolute atomic E-state index is 12.6. The molecular weight excluding hydrogens is 306 g/mol. The zero-order valence-corrected chi connectivity index (χ0v) is 14.3. The number of alkyl carbamates (subject to hydrolysis) is 1. The number of likely N-dealkylation sites (tertiary alicyclic amines) is 1. The number of amides is 2. The summed E-state index contributed by atoms with van der Waals surface area (Å²) in [5, 5.41) is 11.6. The van der Waals surface area contributed by atoms with E-state index in [-0.39, 0.29) is 5.91 Å². The van der Waals surface area contributed by atoms with Crippen LogP contribution >= 0.6 is 0 Å². The van der Waals surface area contributed by atoms with E-state index >= 15 is 0 Å². The zero-order valence-electron chi connectivity index (χ0n) is 14.3. The predicted molar refractivity (Wildman–Crippen MR) is 89.0 cm³/mol. The Morgan fingerprint density at radius 1 is 1.46 bits per heavy atom. The SMILES string of the molecule is CC(C)(C)OC(=O)N[C@H]1CCCN(Cc2cccc(C#N)c2)C1=O. The quantitative estimate of drug-likeness (QED) is 0.924. The fraction of sp³-hybridized carbons (Fsp3) is 0.500. The normalized spacial score (nSPS) is 18.0. The highest BCUT2D eigenvalue weighted by molar-refractivity contribution is 5.86. The van der Waals surface area contributed by atoms with Crippen molar-refractivity contribution in [3.8, 4) is 6.07 Å². The molecule has 1 aromatic carbocycles. The van der Waals surface area contributed by atoms with E-state index in [0.717, 1.165) is 12.0 Å². The summed E-state index contributed by atoms with van der Waals surface area (Å²) >= 11 is 0. The molecule has 0 radical (unpaired) electrons. The first kappa shape index (κ1) is 17.8. The number of rotatable bonds is 3. The highest BCUT2D eigenvalue weighted by Gasteiger charge is 2.31. The largest absolute Gasteiger partial charge is 0.444 e. The molecule has 0 saturated carbocycles. The lowest BCUT2D eigenvalue weighted by molar-refractivity contribution is -0.136. The molecule has 1 heterocycles. The Bertz CT molecular complexity index is 658. The van der Waals surface area contributed by atoms with Crippen molar-refractivity contribution in [3.63, 3.8) is 0 Å². The zero-order chi connectivity index (χ0) is 17.7. The van der Waals surface area contributed by atoms with Crippen LogP contribution in [-0.4, -0.2) is 35.1 Å². The van der Waals surface area contributed by atoms with Crippen molar-refractivity contribution in [2.75, 3.05) is 6.54 Å². The van der Waals surface area contributed by atoms with Gasteiger partial charge in [-0.25, -0.2) is 4.79 Å². The van der Waals surface area contributed by atoms with Gasteiger partial charge in [-0.2, -0.15) is 5.26 Å². The van der Waals surface area contributed by atoms with E-state index < -0.39 is 17.7 Å². The van der Waals surface area contributed by atoms with Crippen LogP contribution in [0.2, 0.25) is 0 Å². The molecule has 1 atom stereocenters. The second-order valence-corrected chi connectivity index (χ2v) is 6.91. The standard InChI is InChI=1S/C18H23N3O3/c1-18(2,3)24-17(23)20-15-8-5-9-21(16(15)22)12-14-7-4-6-13(10-14)11-19/h4,6-7,10,15H,5,8-9,12H2,1-3H3,(H,20,23)/t15-/m0/s1. The number of nitrogens with zero attached hydrogens (tertiary/aromatic N) is 2. The molecule has 0 aliphatic carbocycles. The maximum Gasteiger partial charge on any atom is 0.408 e. The molecule has 6 heteroatoms. The Labute approximate surface area is 142 Å². The summed E-state index contributed by atoms with van der Waals surface area (Å²) in [5.41, 5.74) is 0.875. The van der Waals surface area contributed by atoms with E-state index in [1.165, 1.54) is 0 Å². The topological polar surface area (TPSA) is 82.4 Å². The summed E-state index contributed by atoms with van der Waals surface area (Å²) in [5.74, 6) is -0.116. The molecule has 128 valence electrons. The second-order valence-electron chi connectivity index (χ2n) is 6.91. The van der Waals surface area contributed by atoms with Crippen LogP contribution in [0.25, 0.3) is 0 Å². The fourth-order valence-corrected chi connectivity index (χ4v) is 2.64. The van der Waals surface area contributed by atoms with Crippen LogP contribution in [0.15, 0.2) is 24.3 Å². The molecule has 1 N–H and O–H groups in total. The van der Waals surface area contributed by atoms with E-state index in [0.29, 0.717) is 25.1 Å². The minimum absolute atomic E-state index is 0.116. The van der Waals surface area contributed by atoms with Gasteiger partial charge in [-0.05, 0) is 51.3 Å². The number of hydrogen-bond donors (Lipinski definition) is 1. The summed E-state index contributed by atoms with van der Waals surface area (Å²) in [6.07, 6.45) is 0.839.